The summed E-state index contributed by atoms with van der Waals surface area (Å²) >= 11 is 0. The summed E-state index contributed by atoms with van der Waals surface area (Å²) in [5, 5.41) is 4.41. The number of benzene rings is 2. The Kier molecular flexibility index (Phi) is 5.68. The number of amides is 3. The van der Waals surface area contributed by atoms with Crippen LogP contribution in [0.1, 0.15) is 27.6 Å². The molecular formula is C18H18N2O4. The summed E-state index contributed by atoms with van der Waals surface area (Å²) in [5.41, 5.74) is 1.80. The summed E-state index contributed by atoms with van der Waals surface area (Å²) in [7, 11) is 1.39. The van der Waals surface area contributed by atoms with Crippen LogP contribution in [0.2, 0.25) is 0 Å². The lowest BCUT2D eigenvalue weighted by atomic mass is 10.1. The Morgan fingerprint density at radius 1 is 0.958 bits per heavy atom. The highest BCUT2D eigenvalue weighted by atomic mass is 16.5. The average Bonchev–Trinajstić information content (AvgIpc) is 2.60. The SMILES string of the molecule is CNC(=O)NC(=O)[C@@H](OC(=O)c1ccc(C)cc1)c1ccccc1. The van der Waals surface area contributed by atoms with Gasteiger partial charge in [0, 0.05) is 12.6 Å². The van der Waals surface area contributed by atoms with Crippen molar-refractivity contribution in [2.24, 2.45) is 0 Å². The predicted molar refractivity (Wildman–Crippen MR) is 88.4 cm³/mol. The summed E-state index contributed by atoms with van der Waals surface area (Å²) in [4.78, 5) is 35.9. The van der Waals surface area contributed by atoms with Crippen molar-refractivity contribution in [1.29, 1.82) is 0 Å². The van der Waals surface area contributed by atoms with Crippen LogP contribution in [0.3, 0.4) is 0 Å². The second-order valence-corrected chi connectivity index (χ2v) is 5.13. The van der Waals surface area contributed by atoms with Crippen LogP contribution in [0, 0.1) is 6.92 Å². The second kappa shape index (κ2) is 7.92. The molecule has 0 radical (unpaired) electrons. The zero-order valence-electron chi connectivity index (χ0n) is 13.4. The van der Waals surface area contributed by atoms with Crippen molar-refractivity contribution in [2.45, 2.75) is 13.0 Å². The number of rotatable bonds is 4. The van der Waals surface area contributed by atoms with Gasteiger partial charge in [-0.3, -0.25) is 10.1 Å². The molecule has 0 aromatic heterocycles. The number of hydrogen-bond acceptors (Lipinski definition) is 4. The van der Waals surface area contributed by atoms with Crippen molar-refractivity contribution >= 4 is 17.9 Å². The van der Waals surface area contributed by atoms with E-state index in [4.69, 9.17) is 4.74 Å². The van der Waals surface area contributed by atoms with Crippen molar-refractivity contribution in [3.63, 3.8) is 0 Å². The monoisotopic (exact) mass is 326 g/mol. The molecule has 2 N–H and O–H groups in total. The maximum atomic E-state index is 12.3. The Balaban J connectivity index is 2.22. The van der Waals surface area contributed by atoms with E-state index in [0.717, 1.165) is 5.56 Å². The van der Waals surface area contributed by atoms with E-state index in [1.165, 1.54) is 7.05 Å². The molecule has 0 bridgehead atoms. The highest BCUT2D eigenvalue weighted by Gasteiger charge is 2.26. The predicted octanol–water partition coefficient (Wildman–Crippen LogP) is 2.35. The molecule has 3 amide bonds. The molecule has 0 aliphatic rings. The van der Waals surface area contributed by atoms with E-state index >= 15 is 0 Å². The molecule has 1 atom stereocenters. The second-order valence-electron chi connectivity index (χ2n) is 5.13. The van der Waals surface area contributed by atoms with Gasteiger partial charge in [-0.2, -0.15) is 0 Å². The number of aryl methyl sites for hydroxylation is 1. The van der Waals surface area contributed by atoms with Crippen LogP contribution in [0.5, 0.6) is 0 Å². The number of imide groups is 1. The lowest BCUT2D eigenvalue weighted by Gasteiger charge is -2.17. The number of urea groups is 1. The summed E-state index contributed by atoms with van der Waals surface area (Å²) < 4.78 is 5.34. The van der Waals surface area contributed by atoms with Crippen molar-refractivity contribution in [3.05, 3.63) is 71.3 Å². The highest BCUT2D eigenvalue weighted by Crippen LogP contribution is 2.19. The van der Waals surface area contributed by atoms with Crippen molar-refractivity contribution in [3.8, 4) is 0 Å². The molecule has 2 aromatic carbocycles. The first-order valence-electron chi connectivity index (χ1n) is 7.36. The third-order valence-corrected chi connectivity index (χ3v) is 3.32. The van der Waals surface area contributed by atoms with Gasteiger partial charge < -0.3 is 10.1 Å². The van der Waals surface area contributed by atoms with Gasteiger partial charge in [0.15, 0.2) is 0 Å². The van der Waals surface area contributed by atoms with Gasteiger partial charge in [-0.15, -0.1) is 0 Å². The zero-order chi connectivity index (χ0) is 17.5. The maximum absolute atomic E-state index is 12.3. The number of ether oxygens (including phenoxy) is 1. The molecule has 2 aromatic rings. The van der Waals surface area contributed by atoms with Crippen molar-refractivity contribution in [1.82, 2.24) is 10.6 Å². The van der Waals surface area contributed by atoms with Crippen LogP contribution >= 0.6 is 0 Å². The Labute approximate surface area is 139 Å². The molecule has 124 valence electrons. The van der Waals surface area contributed by atoms with E-state index in [9.17, 15) is 14.4 Å². The van der Waals surface area contributed by atoms with Crippen LogP contribution in [-0.4, -0.2) is 25.0 Å². The molecule has 0 fully saturated rings. The third kappa shape index (κ3) is 4.42. The molecule has 24 heavy (non-hydrogen) atoms. The first-order chi connectivity index (χ1) is 11.5. The number of esters is 1. The van der Waals surface area contributed by atoms with Crippen LogP contribution in [0.15, 0.2) is 54.6 Å². The van der Waals surface area contributed by atoms with E-state index in [1.807, 2.05) is 6.92 Å². The minimum atomic E-state index is -1.22. The Morgan fingerprint density at radius 2 is 1.58 bits per heavy atom. The van der Waals surface area contributed by atoms with Gasteiger partial charge in [-0.05, 0) is 19.1 Å². The van der Waals surface area contributed by atoms with Crippen LogP contribution in [-0.2, 0) is 9.53 Å². The van der Waals surface area contributed by atoms with Crippen LogP contribution < -0.4 is 10.6 Å². The lowest BCUT2D eigenvalue weighted by molar-refractivity contribution is -0.129. The fourth-order valence-corrected chi connectivity index (χ4v) is 2.01. The summed E-state index contributed by atoms with van der Waals surface area (Å²) in [6.07, 6.45) is -1.22. The van der Waals surface area contributed by atoms with Crippen molar-refractivity contribution in [2.75, 3.05) is 7.05 Å². The molecule has 0 aliphatic carbocycles. The lowest BCUT2D eigenvalue weighted by Crippen LogP contribution is -2.41. The molecular weight excluding hydrogens is 308 g/mol. The smallest absolute Gasteiger partial charge is 0.339 e. The number of carbonyl (C=O) groups is 3. The van der Waals surface area contributed by atoms with Gasteiger partial charge >= 0.3 is 12.0 Å². The zero-order valence-corrected chi connectivity index (χ0v) is 13.4. The molecule has 6 nitrogen and oxygen atoms in total. The van der Waals surface area contributed by atoms with E-state index in [0.29, 0.717) is 11.1 Å². The summed E-state index contributed by atoms with van der Waals surface area (Å²) in [5.74, 6) is -1.36. The van der Waals surface area contributed by atoms with Gasteiger partial charge in [0.05, 0.1) is 5.56 Å². The van der Waals surface area contributed by atoms with Gasteiger partial charge in [0.1, 0.15) is 0 Å². The topological polar surface area (TPSA) is 84.5 Å². The van der Waals surface area contributed by atoms with Gasteiger partial charge in [0.25, 0.3) is 5.91 Å². The Bertz CT molecular complexity index is 726. The molecule has 2 rings (SSSR count). The number of hydrogen-bond donors (Lipinski definition) is 2. The van der Waals surface area contributed by atoms with Crippen LogP contribution in [0.25, 0.3) is 0 Å². The molecule has 0 saturated heterocycles. The summed E-state index contributed by atoms with van der Waals surface area (Å²) in [6, 6.07) is 14.6. The van der Waals surface area contributed by atoms with E-state index < -0.39 is 24.0 Å². The summed E-state index contributed by atoms with van der Waals surface area (Å²) in [6.45, 7) is 1.90. The van der Waals surface area contributed by atoms with Gasteiger partial charge in [0.2, 0.25) is 6.10 Å². The number of carbonyl (C=O) groups excluding carboxylic acids is 3. The quantitative estimate of drug-likeness (QED) is 0.845. The third-order valence-electron chi connectivity index (χ3n) is 3.32. The largest absolute Gasteiger partial charge is 0.444 e. The van der Waals surface area contributed by atoms with E-state index in [-0.39, 0.29) is 0 Å². The molecule has 6 heteroatoms. The highest BCUT2D eigenvalue weighted by molar-refractivity contribution is 5.99. The van der Waals surface area contributed by atoms with Gasteiger partial charge in [-0.1, -0.05) is 48.0 Å². The van der Waals surface area contributed by atoms with Crippen LogP contribution in [0.4, 0.5) is 4.79 Å². The van der Waals surface area contributed by atoms with Gasteiger partial charge in [-0.25, -0.2) is 9.59 Å². The standard InChI is InChI=1S/C18H18N2O4/c1-12-8-10-14(11-9-12)17(22)24-15(13-6-4-3-5-7-13)16(21)20-18(23)19-2/h3-11,15H,1-2H3,(H2,19,20,21,23)/t15-/m0/s1. The molecule has 0 aliphatic heterocycles. The first kappa shape index (κ1) is 17.2. The van der Waals surface area contributed by atoms with E-state index in [2.05, 4.69) is 10.6 Å². The minimum absolute atomic E-state index is 0.328. The minimum Gasteiger partial charge on any atom is -0.444 e. The normalized spacial score (nSPS) is 11.2. The fourth-order valence-electron chi connectivity index (χ4n) is 2.01. The fraction of sp³-hybridized carbons (Fsp3) is 0.167. The number of nitrogens with one attached hydrogen (secondary N) is 2. The molecule has 0 saturated carbocycles. The Morgan fingerprint density at radius 3 is 2.17 bits per heavy atom. The van der Waals surface area contributed by atoms with E-state index in [1.54, 1.807) is 54.6 Å². The average molecular weight is 326 g/mol. The first-order valence-corrected chi connectivity index (χ1v) is 7.36. The maximum Gasteiger partial charge on any atom is 0.339 e. The molecule has 0 unspecified atom stereocenters. The molecule has 0 heterocycles. The molecule has 0 spiro atoms. The van der Waals surface area contributed by atoms with Crippen molar-refractivity contribution < 1.29 is 19.1 Å². The Hall–Kier alpha value is -3.15.